The van der Waals surface area contributed by atoms with E-state index in [1.807, 2.05) is 7.05 Å². The molecule has 1 aromatic carbocycles. The van der Waals surface area contributed by atoms with E-state index < -0.39 is 0 Å². The van der Waals surface area contributed by atoms with E-state index in [9.17, 15) is 4.39 Å². The molecule has 0 saturated heterocycles. The van der Waals surface area contributed by atoms with Gasteiger partial charge in [0.25, 0.3) is 0 Å². The lowest BCUT2D eigenvalue weighted by atomic mass is 10.2. The Morgan fingerprint density at radius 3 is 2.83 bits per heavy atom. The first-order valence-corrected chi connectivity index (χ1v) is 7.22. The van der Waals surface area contributed by atoms with Gasteiger partial charge in [-0.15, -0.1) is 10.2 Å². The highest BCUT2D eigenvalue weighted by molar-refractivity contribution is 9.10. The fraction of sp³-hybridized carbons (Fsp3) is 0.333. The van der Waals surface area contributed by atoms with Crippen molar-refractivity contribution in [3.63, 3.8) is 0 Å². The van der Waals surface area contributed by atoms with E-state index in [0.717, 1.165) is 15.9 Å². The average molecular weight is 330 g/mol. The molecule has 0 aliphatic heterocycles. The number of benzene rings is 1. The molecule has 0 aliphatic rings. The largest absolute Gasteiger partial charge is 0.311 e. The number of hydrogen-bond acceptors (Lipinski definition) is 4. The van der Waals surface area contributed by atoms with Crippen LogP contribution in [0.2, 0.25) is 0 Å². The van der Waals surface area contributed by atoms with Gasteiger partial charge < -0.3 is 5.32 Å². The maximum atomic E-state index is 13.8. The molecule has 0 aliphatic carbocycles. The summed E-state index contributed by atoms with van der Waals surface area (Å²) in [6.45, 7) is 2.07. The van der Waals surface area contributed by atoms with Gasteiger partial charge in [-0.1, -0.05) is 34.2 Å². The van der Waals surface area contributed by atoms with Gasteiger partial charge in [0.05, 0.1) is 6.04 Å². The Morgan fingerprint density at radius 1 is 1.44 bits per heavy atom. The second-order valence-electron chi connectivity index (χ2n) is 3.82. The van der Waals surface area contributed by atoms with Crippen LogP contribution in [0.3, 0.4) is 0 Å². The third-order valence-corrected chi connectivity index (χ3v) is 4.22. The number of rotatable bonds is 4. The molecule has 1 N–H and O–H groups in total. The highest BCUT2D eigenvalue weighted by Crippen LogP contribution is 2.30. The predicted molar refractivity (Wildman–Crippen MR) is 75.1 cm³/mol. The van der Waals surface area contributed by atoms with Crippen molar-refractivity contribution in [3.05, 3.63) is 33.5 Å². The summed E-state index contributed by atoms with van der Waals surface area (Å²) in [7, 11) is 1.88. The summed E-state index contributed by atoms with van der Waals surface area (Å²) in [5, 5.41) is 12.9. The normalized spacial score (nSPS) is 12.7. The highest BCUT2D eigenvalue weighted by Gasteiger charge is 2.16. The van der Waals surface area contributed by atoms with Crippen LogP contribution < -0.4 is 5.32 Å². The average Bonchev–Trinajstić information content (AvgIpc) is 2.80. The molecule has 1 unspecified atom stereocenters. The van der Waals surface area contributed by atoms with E-state index in [-0.39, 0.29) is 11.9 Å². The van der Waals surface area contributed by atoms with Crippen LogP contribution in [0.1, 0.15) is 24.4 Å². The first-order valence-electron chi connectivity index (χ1n) is 5.61. The van der Waals surface area contributed by atoms with E-state index >= 15 is 0 Å². The fourth-order valence-electron chi connectivity index (χ4n) is 1.65. The van der Waals surface area contributed by atoms with Crippen molar-refractivity contribution >= 4 is 27.3 Å². The van der Waals surface area contributed by atoms with Crippen LogP contribution in [-0.2, 0) is 0 Å². The molecular weight excluding hydrogens is 317 g/mol. The fourth-order valence-corrected chi connectivity index (χ4v) is 3.05. The van der Waals surface area contributed by atoms with Crippen molar-refractivity contribution in [3.8, 4) is 10.6 Å². The summed E-state index contributed by atoms with van der Waals surface area (Å²) in [5.74, 6) is -0.287. The van der Waals surface area contributed by atoms with Crippen LogP contribution in [0.4, 0.5) is 4.39 Å². The minimum atomic E-state index is -0.287. The standard InChI is InChI=1S/C12H13BrFN3S/c1-3-10(15-2)12-17-16-11(18-12)8-5-4-7(13)6-9(8)14/h4-6,10,15H,3H2,1-2H3. The SMILES string of the molecule is CCC(NC)c1nnc(-c2ccc(Br)cc2F)s1. The molecule has 0 fully saturated rings. The van der Waals surface area contributed by atoms with Gasteiger partial charge in [0, 0.05) is 10.0 Å². The summed E-state index contributed by atoms with van der Waals surface area (Å²) >= 11 is 4.66. The van der Waals surface area contributed by atoms with Crippen molar-refractivity contribution < 1.29 is 4.39 Å². The molecule has 2 rings (SSSR count). The van der Waals surface area contributed by atoms with Crippen LogP contribution in [0.5, 0.6) is 0 Å². The summed E-state index contributed by atoms with van der Waals surface area (Å²) in [5.41, 5.74) is 0.493. The summed E-state index contributed by atoms with van der Waals surface area (Å²) in [4.78, 5) is 0. The van der Waals surface area contributed by atoms with Gasteiger partial charge in [0.1, 0.15) is 10.8 Å². The molecule has 0 radical (unpaired) electrons. The Hall–Kier alpha value is -0.850. The number of hydrogen-bond donors (Lipinski definition) is 1. The number of halogens is 2. The van der Waals surface area contributed by atoms with Gasteiger partial charge in [-0.25, -0.2) is 4.39 Å². The van der Waals surface area contributed by atoms with Gasteiger partial charge in [0.2, 0.25) is 0 Å². The lowest BCUT2D eigenvalue weighted by Crippen LogP contribution is -2.14. The molecule has 0 saturated carbocycles. The molecule has 96 valence electrons. The third kappa shape index (κ3) is 2.76. The molecule has 18 heavy (non-hydrogen) atoms. The van der Waals surface area contributed by atoms with Crippen LogP contribution in [0.25, 0.3) is 10.6 Å². The third-order valence-electron chi connectivity index (χ3n) is 2.66. The van der Waals surface area contributed by atoms with Gasteiger partial charge in [-0.2, -0.15) is 0 Å². The van der Waals surface area contributed by atoms with E-state index in [1.165, 1.54) is 17.4 Å². The zero-order valence-corrected chi connectivity index (χ0v) is 12.5. The van der Waals surface area contributed by atoms with Gasteiger partial charge in [-0.05, 0) is 31.7 Å². The van der Waals surface area contributed by atoms with E-state index in [0.29, 0.717) is 10.6 Å². The lowest BCUT2D eigenvalue weighted by Gasteiger charge is -2.08. The minimum absolute atomic E-state index is 0.176. The van der Waals surface area contributed by atoms with Gasteiger partial charge >= 0.3 is 0 Å². The van der Waals surface area contributed by atoms with Gasteiger partial charge in [0.15, 0.2) is 5.01 Å². The number of aromatic nitrogens is 2. The topological polar surface area (TPSA) is 37.8 Å². The van der Waals surface area contributed by atoms with Gasteiger partial charge in [-0.3, -0.25) is 0 Å². The van der Waals surface area contributed by atoms with Crippen molar-refractivity contribution in [2.24, 2.45) is 0 Å². The summed E-state index contributed by atoms with van der Waals surface area (Å²) in [6, 6.07) is 5.12. The molecule has 3 nitrogen and oxygen atoms in total. The Balaban J connectivity index is 2.34. The molecule has 0 amide bonds. The number of nitrogens with zero attached hydrogens (tertiary/aromatic N) is 2. The molecule has 2 aromatic rings. The Morgan fingerprint density at radius 2 is 2.22 bits per heavy atom. The Kier molecular flexibility index (Phi) is 4.42. The maximum Gasteiger partial charge on any atom is 0.150 e. The van der Waals surface area contributed by atoms with Crippen molar-refractivity contribution in [1.29, 1.82) is 0 Å². The Labute approximate surface area is 118 Å². The van der Waals surface area contributed by atoms with Crippen LogP contribution in [0.15, 0.2) is 22.7 Å². The first-order chi connectivity index (χ1) is 8.65. The van der Waals surface area contributed by atoms with Crippen molar-refractivity contribution in [2.45, 2.75) is 19.4 Å². The molecule has 1 aromatic heterocycles. The minimum Gasteiger partial charge on any atom is -0.311 e. The Bertz CT molecular complexity index is 540. The summed E-state index contributed by atoms with van der Waals surface area (Å²) < 4.78 is 14.5. The van der Waals surface area contributed by atoms with Crippen LogP contribution in [0, 0.1) is 5.82 Å². The van der Waals surface area contributed by atoms with Crippen LogP contribution in [-0.4, -0.2) is 17.2 Å². The van der Waals surface area contributed by atoms with E-state index in [1.54, 1.807) is 12.1 Å². The highest BCUT2D eigenvalue weighted by atomic mass is 79.9. The van der Waals surface area contributed by atoms with E-state index in [2.05, 4.69) is 38.4 Å². The summed E-state index contributed by atoms with van der Waals surface area (Å²) in [6.07, 6.45) is 0.925. The smallest absolute Gasteiger partial charge is 0.150 e. The zero-order chi connectivity index (χ0) is 13.1. The second kappa shape index (κ2) is 5.86. The monoisotopic (exact) mass is 329 g/mol. The zero-order valence-electron chi connectivity index (χ0n) is 10.1. The van der Waals surface area contributed by atoms with Crippen molar-refractivity contribution in [2.75, 3.05) is 7.05 Å². The molecule has 0 spiro atoms. The number of nitrogens with one attached hydrogen (secondary N) is 1. The van der Waals surface area contributed by atoms with Crippen LogP contribution >= 0.6 is 27.3 Å². The lowest BCUT2D eigenvalue weighted by molar-refractivity contribution is 0.568. The first kappa shape index (κ1) is 13.6. The molecular formula is C12H13BrFN3S. The second-order valence-corrected chi connectivity index (χ2v) is 5.74. The quantitative estimate of drug-likeness (QED) is 0.927. The molecule has 1 atom stereocenters. The molecule has 6 heteroatoms. The van der Waals surface area contributed by atoms with Crippen molar-refractivity contribution in [1.82, 2.24) is 15.5 Å². The molecule has 0 bridgehead atoms. The maximum absolute atomic E-state index is 13.8. The molecule has 1 heterocycles. The predicted octanol–water partition coefficient (Wildman–Crippen LogP) is 3.78. The van der Waals surface area contributed by atoms with E-state index in [4.69, 9.17) is 0 Å².